The number of Topliss-reactive ketones (excluding diaryl/α,β-unsaturated/α-hetero) is 1. The van der Waals surface area contributed by atoms with E-state index in [1.54, 1.807) is 18.2 Å². The molecule has 1 amide bonds. The molecule has 1 atom stereocenters. The van der Waals surface area contributed by atoms with Crippen LogP contribution in [0.4, 0.5) is 10.8 Å². The number of fused-ring (bicyclic) bond motifs is 1. The summed E-state index contributed by atoms with van der Waals surface area (Å²) in [4.78, 5) is 39.3. The summed E-state index contributed by atoms with van der Waals surface area (Å²) < 4.78 is 11.7. The second-order valence-corrected chi connectivity index (χ2v) is 11.3. The Morgan fingerprint density at radius 2 is 1.88 bits per heavy atom. The van der Waals surface area contributed by atoms with E-state index in [1.165, 1.54) is 54.1 Å². The van der Waals surface area contributed by atoms with Crippen molar-refractivity contribution in [2.75, 3.05) is 12.0 Å². The van der Waals surface area contributed by atoms with Gasteiger partial charge in [0.2, 0.25) is 10.9 Å². The van der Waals surface area contributed by atoms with Crippen molar-refractivity contribution in [2.24, 2.45) is 0 Å². The summed E-state index contributed by atoms with van der Waals surface area (Å²) in [6.07, 6.45) is 0. The third-order valence-electron chi connectivity index (χ3n) is 6.63. The highest BCUT2D eigenvalue weighted by Gasteiger charge is 2.47. The summed E-state index contributed by atoms with van der Waals surface area (Å²) in [5.41, 5.74) is 1.34. The summed E-state index contributed by atoms with van der Waals surface area (Å²) >= 11 is 2.56. The number of rotatable bonds is 9. The molecule has 13 heteroatoms. The number of carbonyl (C=O) groups excluding carboxylic acids is 2. The SMILES string of the molecule is COc1cccc2cc(C(=O)C3=C(O)C(=O)N(c4nnc(SCc5ccccc5)s4)C3c3ccc([N+](=O)[O-])cc3)oc12. The smallest absolute Gasteiger partial charge is 0.296 e. The van der Waals surface area contributed by atoms with Crippen molar-refractivity contribution in [2.45, 2.75) is 16.1 Å². The monoisotopic (exact) mass is 600 g/mol. The molecular weight excluding hydrogens is 580 g/mol. The number of aliphatic hydroxyl groups is 1. The van der Waals surface area contributed by atoms with Gasteiger partial charge in [-0.1, -0.05) is 65.6 Å². The zero-order valence-electron chi connectivity index (χ0n) is 21.8. The molecule has 2 aromatic heterocycles. The second kappa shape index (κ2) is 11.1. The lowest BCUT2D eigenvalue weighted by Crippen LogP contribution is -2.31. The van der Waals surface area contributed by atoms with Gasteiger partial charge in [0.25, 0.3) is 11.6 Å². The Kier molecular flexibility index (Phi) is 7.19. The number of nitro benzene ring substituents is 1. The number of aliphatic hydroxyl groups excluding tert-OH is 1. The molecule has 0 saturated heterocycles. The molecule has 3 heterocycles. The third-order valence-corrected chi connectivity index (χ3v) is 8.76. The maximum absolute atomic E-state index is 13.9. The highest BCUT2D eigenvalue weighted by atomic mass is 32.2. The summed E-state index contributed by atoms with van der Waals surface area (Å²) in [5.74, 6) is -1.44. The minimum atomic E-state index is -1.15. The molecule has 210 valence electrons. The number of carbonyl (C=O) groups is 2. The number of aromatic nitrogens is 2. The predicted octanol–water partition coefficient (Wildman–Crippen LogP) is 6.28. The Bertz CT molecular complexity index is 1870. The van der Waals surface area contributed by atoms with E-state index in [9.17, 15) is 24.8 Å². The molecule has 0 bridgehead atoms. The van der Waals surface area contributed by atoms with Crippen LogP contribution in [0.15, 0.2) is 99.0 Å². The first kappa shape index (κ1) is 27.2. The molecule has 0 radical (unpaired) electrons. The van der Waals surface area contributed by atoms with Crippen LogP contribution in [0, 0.1) is 10.1 Å². The Morgan fingerprint density at radius 3 is 2.60 bits per heavy atom. The molecular formula is C29H20N4O7S2. The molecule has 6 rings (SSSR count). The van der Waals surface area contributed by atoms with Crippen molar-refractivity contribution < 1.29 is 28.8 Å². The Hall–Kier alpha value is -5.01. The first-order chi connectivity index (χ1) is 20.4. The fourth-order valence-corrected chi connectivity index (χ4v) is 6.47. The minimum absolute atomic E-state index is 0.117. The number of nitrogens with zero attached hydrogens (tertiary/aromatic N) is 4. The molecule has 0 saturated carbocycles. The molecule has 0 spiro atoms. The number of para-hydroxylation sites is 1. The predicted molar refractivity (Wildman–Crippen MR) is 156 cm³/mol. The van der Waals surface area contributed by atoms with Gasteiger partial charge in [-0.2, -0.15) is 0 Å². The van der Waals surface area contributed by atoms with Crippen molar-refractivity contribution in [3.05, 3.63) is 117 Å². The number of ether oxygens (including phenoxy) is 1. The highest BCUT2D eigenvalue weighted by molar-refractivity contribution is 8.00. The number of nitro groups is 1. The van der Waals surface area contributed by atoms with Crippen molar-refractivity contribution in [3.8, 4) is 5.75 Å². The van der Waals surface area contributed by atoms with Crippen LogP contribution in [0.3, 0.4) is 0 Å². The largest absolute Gasteiger partial charge is 0.503 e. The van der Waals surface area contributed by atoms with Crippen LogP contribution in [-0.2, 0) is 10.5 Å². The van der Waals surface area contributed by atoms with E-state index < -0.39 is 28.4 Å². The molecule has 1 aliphatic heterocycles. The molecule has 1 unspecified atom stereocenters. The number of anilines is 1. The lowest BCUT2D eigenvalue weighted by atomic mass is 9.95. The van der Waals surface area contributed by atoms with Gasteiger partial charge in [0.15, 0.2) is 27.2 Å². The topological polar surface area (TPSA) is 149 Å². The van der Waals surface area contributed by atoms with Gasteiger partial charge in [-0.05, 0) is 35.4 Å². The first-order valence-corrected chi connectivity index (χ1v) is 14.3. The molecule has 1 aliphatic rings. The number of hydrogen-bond donors (Lipinski definition) is 1. The van der Waals surface area contributed by atoms with Crippen LogP contribution >= 0.6 is 23.1 Å². The zero-order chi connectivity index (χ0) is 29.4. The normalized spacial score (nSPS) is 15.0. The van der Waals surface area contributed by atoms with Gasteiger partial charge in [0.05, 0.1) is 23.6 Å². The van der Waals surface area contributed by atoms with Crippen molar-refractivity contribution in [3.63, 3.8) is 0 Å². The Balaban J connectivity index is 1.39. The number of non-ortho nitro benzene ring substituents is 1. The van der Waals surface area contributed by atoms with E-state index in [4.69, 9.17) is 9.15 Å². The lowest BCUT2D eigenvalue weighted by molar-refractivity contribution is -0.384. The average molecular weight is 601 g/mol. The van der Waals surface area contributed by atoms with Gasteiger partial charge < -0.3 is 14.3 Å². The van der Waals surface area contributed by atoms with Crippen molar-refractivity contribution in [1.82, 2.24) is 10.2 Å². The van der Waals surface area contributed by atoms with Gasteiger partial charge in [0.1, 0.15) is 0 Å². The van der Waals surface area contributed by atoms with Crippen molar-refractivity contribution >= 4 is 56.6 Å². The lowest BCUT2D eigenvalue weighted by Gasteiger charge is -2.23. The van der Waals surface area contributed by atoms with E-state index in [1.807, 2.05) is 30.3 Å². The second-order valence-electron chi connectivity index (χ2n) is 9.13. The molecule has 0 fully saturated rings. The van der Waals surface area contributed by atoms with E-state index in [0.717, 1.165) is 16.9 Å². The number of ketones is 1. The third kappa shape index (κ3) is 4.88. The number of furan rings is 1. The van der Waals surface area contributed by atoms with E-state index in [0.29, 0.717) is 32.4 Å². The number of benzene rings is 3. The average Bonchev–Trinajstić information content (AvgIpc) is 3.73. The van der Waals surface area contributed by atoms with Gasteiger partial charge in [-0.3, -0.25) is 24.6 Å². The summed E-state index contributed by atoms with van der Waals surface area (Å²) in [7, 11) is 1.47. The van der Waals surface area contributed by atoms with Gasteiger partial charge in [-0.15, -0.1) is 10.2 Å². The summed E-state index contributed by atoms with van der Waals surface area (Å²) in [6.45, 7) is 0. The van der Waals surface area contributed by atoms with Crippen LogP contribution < -0.4 is 9.64 Å². The minimum Gasteiger partial charge on any atom is -0.503 e. The van der Waals surface area contributed by atoms with Crippen LogP contribution in [-0.4, -0.2) is 39.0 Å². The molecule has 5 aromatic rings. The van der Waals surface area contributed by atoms with Gasteiger partial charge >= 0.3 is 0 Å². The maximum atomic E-state index is 13.9. The molecule has 42 heavy (non-hydrogen) atoms. The van der Waals surface area contributed by atoms with E-state index in [-0.39, 0.29) is 22.2 Å². The summed E-state index contributed by atoms with van der Waals surface area (Å²) in [5, 5.41) is 31.5. The standard InChI is InChI=1S/C29H20N4O7S2/c1-39-20-9-5-8-18-14-21(40-26(18)20)24(34)22-23(17-10-12-19(13-11-17)33(37)38)32(27(36)25(22)35)28-30-31-29(42-28)41-15-16-6-3-2-4-7-16/h2-14,23,35H,15H2,1H3. The number of methoxy groups -OCH3 is 1. The summed E-state index contributed by atoms with van der Waals surface area (Å²) in [6, 6.07) is 20.7. The number of hydrogen-bond acceptors (Lipinski definition) is 11. The molecule has 3 aromatic carbocycles. The number of thioether (sulfide) groups is 1. The fraction of sp³-hybridized carbons (Fsp3) is 0.103. The molecule has 0 aliphatic carbocycles. The van der Waals surface area contributed by atoms with E-state index >= 15 is 0 Å². The van der Waals surface area contributed by atoms with Crippen molar-refractivity contribution in [1.29, 1.82) is 0 Å². The Morgan fingerprint density at radius 1 is 1.12 bits per heavy atom. The van der Waals surface area contributed by atoms with Crippen LogP contribution in [0.25, 0.3) is 11.0 Å². The maximum Gasteiger partial charge on any atom is 0.296 e. The van der Waals surface area contributed by atoms with Gasteiger partial charge in [-0.25, -0.2) is 0 Å². The van der Waals surface area contributed by atoms with Crippen LogP contribution in [0.1, 0.15) is 27.7 Å². The van der Waals surface area contributed by atoms with Gasteiger partial charge in [0, 0.05) is 23.3 Å². The quantitative estimate of drug-likeness (QED) is 0.0674. The zero-order valence-corrected chi connectivity index (χ0v) is 23.4. The molecule has 11 nitrogen and oxygen atoms in total. The highest BCUT2D eigenvalue weighted by Crippen LogP contribution is 2.44. The number of amides is 1. The van der Waals surface area contributed by atoms with E-state index in [2.05, 4.69) is 10.2 Å². The van der Waals surface area contributed by atoms with Crippen LogP contribution in [0.5, 0.6) is 5.75 Å². The Labute approximate surface area is 246 Å². The first-order valence-electron chi connectivity index (χ1n) is 12.5. The fourth-order valence-electron chi connectivity index (χ4n) is 4.65. The van der Waals surface area contributed by atoms with Crippen LogP contribution in [0.2, 0.25) is 0 Å². The molecule has 1 N–H and O–H groups in total.